The fourth-order valence-electron chi connectivity index (χ4n) is 1.39. The molecule has 0 spiro atoms. The van der Waals surface area contributed by atoms with Crippen LogP contribution >= 0.6 is 0 Å². The Morgan fingerprint density at radius 1 is 1.40 bits per heavy atom. The molecule has 2 aromatic rings. The molecule has 2 rings (SSSR count). The van der Waals surface area contributed by atoms with E-state index in [1.165, 1.54) is 0 Å². The van der Waals surface area contributed by atoms with Crippen molar-refractivity contribution in [2.45, 2.75) is 6.92 Å². The topological polar surface area (TPSA) is 63.3 Å². The van der Waals surface area contributed by atoms with Crippen molar-refractivity contribution in [2.75, 3.05) is 0 Å². The molecular weight excluding hydrogens is 194 g/mol. The quantitative estimate of drug-likeness (QED) is 0.813. The summed E-state index contributed by atoms with van der Waals surface area (Å²) in [5.74, 6) is -0.309. The van der Waals surface area contributed by atoms with Crippen LogP contribution < -0.4 is 0 Å². The number of aromatic carboxylic acids is 1. The third-order valence-corrected chi connectivity index (χ3v) is 2.06. The first kappa shape index (κ1) is 9.45. The van der Waals surface area contributed by atoms with Gasteiger partial charge in [0.25, 0.3) is 0 Å². The molecule has 15 heavy (non-hydrogen) atoms. The van der Waals surface area contributed by atoms with E-state index in [-0.39, 0.29) is 5.56 Å². The van der Waals surface area contributed by atoms with Crippen LogP contribution in [0.15, 0.2) is 34.9 Å². The van der Waals surface area contributed by atoms with Crippen LogP contribution in [0.1, 0.15) is 16.1 Å². The summed E-state index contributed by atoms with van der Waals surface area (Å²) in [5.41, 5.74) is 1.35. The largest absolute Gasteiger partial charge is 0.478 e. The van der Waals surface area contributed by atoms with Crippen LogP contribution in [-0.2, 0) is 0 Å². The van der Waals surface area contributed by atoms with Crippen molar-refractivity contribution < 1.29 is 14.4 Å². The van der Waals surface area contributed by atoms with E-state index in [1.807, 2.05) is 0 Å². The molecule has 4 nitrogen and oxygen atoms in total. The molecule has 0 fully saturated rings. The Balaban J connectivity index is 2.57. The molecule has 0 atom stereocenters. The number of carboxylic acids is 1. The number of aromatic nitrogens is 1. The Labute approximate surface area is 86.1 Å². The smallest absolute Gasteiger partial charge is 0.336 e. The number of carboxylic acid groups (broad SMARTS) is 1. The highest BCUT2D eigenvalue weighted by Crippen LogP contribution is 2.22. The van der Waals surface area contributed by atoms with Crippen LogP contribution in [-0.4, -0.2) is 16.2 Å². The van der Waals surface area contributed by atoms with Crippen molar-refractivity contribution in [1.82, 2.24) is 5.16 Å². The van der Waals surface area contributed by atoms with Gasteiger partial charge in [-0.25, -0.2) is 4.79 Å². The normalized spacial score (nSPS) is 10.2. The molecule has 0 aliphatic carbocycles. The first-order valence-corrected chi connectivity index (χ1v) is 4.44. The van der Waals surface area contributed by atoms with Gasteiger partial charge in [0.1, 0.15) is 11.5 Å². The van der Waals surface area contributed by atoms with E-state index < -0.39 is 5.97 Å². The first-order chi connectivity index (χ1) is 7.18. The number of nitrogens with zero attached hydrogens (tertiary/aromatic N) is 1. The molecule has 1 aromatic heterocycles. The minimum absolute atomic E-state index is 0.228. The second kappa shape index (κ2) is 3.57. The lowest BCUT2D eigenvalue weighted by Crippen LogP contribution is -1.98. The molecule has 0 amide bonds. The maximum atomic E-state index is 10.9. The number of benzene rings is 1. The van der Waals surface area contributed by atoms with Crippen molar-refractivity contribution in [3.63, 3.8) is 0 Å². The minimum Gasteiger partial charge on any atom is -0.478 e. The van der Waals surface area contributed by atoms with Crippen molar-refractivity contribution >= 4 is 5.97 Å². The van der Waals surface area contributed by atoms with Gasteiger partial charge in [-0.3, -0.25) is 0 Å². The van der Waals surface area contributed by atoms with E-state index in [0.717, 1.165) is 0 Å². The van der Waals surface area contributed by atoms with Gasteiger partial charge in [-0.1, -0.05) is 23.4 Å². The molecule has 0 bridgehead atoms. The second-order valence-corrected chi connectivity index (χ2v) is 3.17. The van der Waals surface area contributed by atoms with Gasteiger partial charge in [0.05, 0.1) is 5.56 Å². The number of aryl methyl sites for hydroxylation is 1. The van der Waals surface area contributed by atoms with Crippen LogP contribution in [0.3, 0.4) is 0 Å². The molecule has 0 unspecified atom stereocenters. The molecule has 76 valence electrons. The SMILES string of the molecule is Cc1cc(-c2ccccc2C(=O)O)no1. The van der Waals surface area contributed by atoms with Gasteiger partial charge in [-0.2, -0.15) is 0 Å². The monoisotopic (exact) mass is 203 g/mol. The average Bonchev–Trinajstić information content (AvgIpc) is 2.65. The summed E-state index contributed by atoms with van der Waals surface area (Å²) < 4.78 is 4.91. The molecule has 0 radical (unpaired) electrons. The third kappa shape index (κ3) is 1.74. The van der Waals surface area contributed by atoms with E-state index in [0.29, 0.717) is 17.0 Å². The fraction of sp³-hybridized carbons (Fsp3) is 0.0909. The number of rotatable bonds is 2. The van der Waals surface area contributed by atoms with Crippen LogP contribution in [0, 0.1) is 6.92 Å². The summed E-state index contributed by atoms with van der Waals surface area (Å²) in [4.78, 5) is 10.9. The van der Waals surface area contributed by atoms with Crippen molar-refractivity contribution in [2.24, 2.45) is 0 Å². The second-order valence-electron chi connectivity index (χ2n) is 3.17. The lowest BCUT2D eigenvalue weighted by Gasteiger charge is -2.00. The zero-order valence-corrected chi connectivity index (χ0v) is 8.10. The van der Waals surface area contributed by atoms with Crippen molar-refractivity contribution in [1.29, 1.82) is 0 Å². The summed E-state index contributed by atoms with van der Waals surface area (Å²) in [7, 11) is 0. The van der Waals surface area contributed by atoms with Crippen LogP contribution in [0.4, 0.5) is 0 Å². The van der Waals surface area contributed by atoms with Crippen LogP contribution in [0.2, 0.25) is 0 Å². The van der Waals surface area contributed by atoms with Crippen molar-refractivity contribution in [3.8, 4) is 11.3 Å². The van der Waals surface area contributed by atoms with Gasteiger partial charge in [-0.05, 0) is 13.0 Å². The third-order valence-electron chi connectivity index (χ3n) is 2.06. The molecule has 0 aliphatic rings. The van der Waals surface area contributed by atoms with Gasteiger partial charge < -0.3 is 9.63 Å². The first-order valence-electron chi connectivity index (χ1n) is 4.44. The molecule has 1 aromatic carbocycles. The molecule has 0 saturated carbocycles. The average molecular weight is 203 g/mol. The van der Waals surface area contributed by atoms with Crippen LogP contribution in [0.5, 0.6) is 0 Å². The lowest BCUT2D eigenvalue weighted by molar-refractivity contribution is 0.0697. The molecule has 0 aliphatic heterocycles. The highest BCUT2D eigenvalue weighted by molar-refractivity contribution is 5.95. The van der Waals surface area contributed by atoms with E-state index >= 15 is 0 Å². The van der Waals surface area contributed by atoms with Gasteiger partial charge >= 0.3 is 5.97 Å². The Hall–Kier alpha value is -2.10. The predicted molar refractivity (Wildman–Crippen MR) is 53.6 cm³/mol. The summed E-state index contributed by atoms with van der Waals surface area (Å²) >= 11 is 0. The number of hydrogen-bond acceptors (Lipinski definition) is 3. The lowest BCUT2D eigenvalue weighted by atomic mass is 10.0. The summed E-state index contributed by atoms with van der Waals surface area (Å²) in [6.07, 6.45) is 0. The van der Waals surface area contributed by atoms with Gasteiger partial charge in [0, 0.05) is 11.6 Å². The molecule has 1 N–H and O–H groups in total. The van der Waals surface area contributed by atoms with Gasteiger partial charge in [0.2, 0.25) is 0 Å². The zero-order chi connectivity index (χ0) is 10.8. The van der Waals surface area contributed by atoms with E-state index in [4.69, 9.17) is 9.63 Å². The molecule has 0 saturated heterocycles. The Kier molecular flexibility index (Phi) is 2.25. The van der Waals surface area contributed by atoms with E-state index in [2.05, 4.69) is 5.16 Å². The van der Waals surface area contributed by atoms with E-state index in [9.17, 15) is 4.79 Å². The summed E-state index contributed by atoms with van der Waals surface area (Å²) in [6.45, 7) is 1.76. The summed E-state index contributed by atoms with van der Waals surface area (Å²) in [6, 6.07) is 8.41. The number of hydrogen-bond donors (Lipinski definition) is 1. The zero-order valence-electron chi connectivity index (χ0n) is 8.10. The maximum absolute atomic E-state index is 10.9. The van der Waals surface area contributed by atoms with E-state index in [1.54, 1.807) is 37.3 Å². The number of carbonyl (C=O) groups is 1. The van der Waals surface area contributed by atoms with Gasteiger partial charge in [0.15, 0.2) is 0 Å². The van der Waals surface area contributed by atoms with Crippen molar-refractivity contribution in [3.05, 3.63) is 41.7 Å². The highest BCUT2D eigenvalue weighted by Gasteiger charge is 2.13. The highest BCUT2D eigenvalue weighted by atomic mass is 16.5. The fourth-order valence-corrected chi connectivity index (χ4v) is 1.39. The Morgan fingerprint density at radius 2 is 2.13 bits per heavy atom. The Morgan fingerprint density at radius 3 is 2.73 bits per heavy atom. The standard InChI is InChI=1S/C11H9NO3/c1-7-6-10(12-15-7)8-4-2-3-5-9(8)11(13)14/h2-6H,1H3,(H,13,14). The molecule has 1 heterocycles. The van der Waals surface area contributed by atoms with Crippen LogP contribution in [0.25, 0.3) is 11.3 Å². The summed E-state index contributed by atoms with van der Waals surface area (Å²) in [5, 5.41) is 12.8. The van der Waals surface area contributed by atoms with Gasteiger partial charge in [-0.15, -0.1) is 0 Å². The molecular formula is C11H9NO3. The minimum atomic E-state index is -0.966. The molecule has 4 heteroatoms. The maximum Gasteiger partial charge on any atom is 0.336 e. The predicted octanol–water partition coefficient (Wildman–Crippen LogP) is 2.35. The Bertz CT molecular complexity index is 502.